The van der Waals surface area contributed by atoms with Crippen LogP contribution in [0.25, 0.3) is 11.3 Å². The molecule has 0 aliphatic rings. The van der Waals surface area contributed by atoms with E-state index < -0.39 is 0 Å². The van der Waals surface area contributed by atoms with Crippen LogP contribution in [0.5, 0.6) is 5.75 Å². The van der Waals surface area contributed by atoms with Crippen molar-refractivity contribution in [3.8, 4) is 23.1 Å². The molecular weight excluding hydrogens is 409 g/mol. The van der Waals surface area contributed by atoms with Crippen LogP contribution in [0.15, 0.2) is 39.6 Å². The zero-order chi connectivity index (χ0) is 14.5. The summed E-state index contributed by atoms with van der Waals surface area (Å²) in [5.74, 6) is 0.623. The second-order valence-electron chi connectivity index (χ2n) is 4.01. The van der Waals surface area contributed by atoms with Crippen molar-refractivity contribution in [2.24, 2.45) is 0 Å². The number of nitrogens with zero attached hydrogens (tertiary/aromatic N) is 2. The second-order valence-corrected chi connectivity index (χ2v) is 4.86. The fourth-order valence-electron chi connectivity index (χ4n) is 1.87. The van der Waals surface area contributed by atoms with E-state index in [0.29, 0.717) is 16.8 Å². The van der Waals surface area contributed by atoms with Crippen LogP contribution >= 0.6 is 15.9 Å². The van der Waals surface area contributed by atoms with Crippen LogP contribution < -0.4 is 10.3 Å². The first-order valence-electron chi connectivity index (χ1n) is 6.08. The molecule has 0 unspecified atom stereocenters. The van der Waals surface area contributed by atoms with Crippen LogP contribution in [0.3, 0.4) is 0 Å². The van der Waals surface area contributed by atoms with Gasteiger partial charge in [0.15, 0.2) is 6.61 Å². The van der Waals surface area contributed by atoms with Crippen LogP contribution in [0.2, 0.25) is 0 Å². The van der Waals surface area contributed by atoms with E-state index in [2.05, 4.69) is 22.0 Å². The summed E-state index contributed by atoms with van der Waals surface area (Å²) in [5, 5.41) is 8.46. The summed E-state index contributed by atoms with van der Waals surface area (Å²) in [6.45, 7) is 2.50. The molecule has 1 aromatic heterocycles. The van der Waals surface area contributed by atoms with Gasteiger partial charge < -0.3 is 9.30 Å². The number of pyridine rings is 1. The molecule has 0 N–H and O–H groups in total. The van der Waals surface area contributed by atoms with Gasteiger partial charge in [0, 0.05) is 39.3 Å². The molecule has 1 aromatic carbocycles. The standard InChI is InChI=1S/C15H12BrN2O2.Y/c1-2-18-14(8-7-13(16)15(18)19)11-3-5-12(6-4-11)20-10-9-17;/h3-7H,2,10H2,1H3;/q-1;. The van der Waals surface area contributed by atoms with Crippen molar-refractivity contribution in [3.05, 3.63) is 51.2 Å². The van der Waals surface area contributed by atoms with Crippen LogP contribution in [-0.2, 0) is 39.3 Å². The SMILES string of the molecule is CCn1c(-c2ccc(OCC#N)cc2)[c-]cc(Br)c1=O.[Y]. The molecule has 6 heteroatoms. The number of hydrogen-bond acceptors (Lipinski definition) is 3. The quantitative estimate of drug-likeness (QED) is 0.714. The number of nitriles is 1. The third kappa shape index (κ3) is 4.26. The number of ether oxygens (including phenoxy) is 1. The minimum Gasteiger partial charge on any atom is -0.479 e. The van der Waals surface area contributed by atoms with Crippen LogP contribution in [0.1, 0.15) is 6.92 Å². The van der Waals surface area contributed by atoms with Crippen molar-refractivity contribution >= 4 is 15.9 Å². The van der Waals surface area contributed by atoms with Crippen molar-refractivity contribution in [1.29, 1.82) is 5.26 Å². The average molecular weight is 421 g/mol. The predicted octanol–water partition coefficient (Wildman–Crippen LogP) is 3.00. The first-order valence-corrected chi connectivity index (χ1v) is 6.88. The Balaban J connectivity index is 0.00000220. The topological polar surface area (TPSA) is 55.0 Å². The molecule has 0 spiro atoms. The molecule has 21 heavy (non-hydrogen) atoms. The molecule has 2 rings (SSSR count). The molecule has 2 aromatic rings. The van der Waals surface area contributed by atoms with E-state index in [1.54, 1.807) is 22.8 Å². The van der Waals surface area contributed by atoms with Crippen molar-refractivity contribution < 1.29 is 37.4 Å². The minimum atomic E-state index is -0.0777. The number of halogens is 1. The summed E-state index contributed by atoms with van der Waals surface area (Å²) in [6, 6.07) is 13.9. The monoisotopic (exact) mass is 420 g/mol. The normalized spacial score (nSPS) is 9.57. The Kier molecular flexibility index (Phi) is 7.30. The van der Waals surface area contributed by atoms with Gasteiger partial charge in [-0.15, -0.1) is 28.1 Å². The van der Waals surface area contributed by atoms with Gasteiger partial charge in [-0.2, -0.15) is 17.4 Å². The van der Waals surface area contributed by atoms with E-state index in [4.69, 9.17) is 10.00 Å². The molecule has 4 nitrogen and oxygen atoms in total. The van der Waals surface area contributed by atoms with Gasteiger partial charge in [0.25, 0.3) is 0 Å². The molecule has 105 valence electrons. The third-order valence-electron chi connectivity index (χ3n) is 2.80. The molecular formula is C15H12BrN2O2Y-. The molecule has 0 bridgehead atoms. The maximum absolute atomic E-state index is 12.0. The molecule has 0 aliphatic heterocycles. The number of hydrogen-bond donors (Lipinski definition) is 0. The summed E-state index contributed by atoms with van der Waals surface area (Å²) < 4.78 is 7.34. The van der Waals surface area contributed by atoms with Gasteiger partial charge >= 0.3 is 0 Å². The Morgan fingerprint density at radius 3 is 2.62 bits per heavy atom. The van der Waals surface area contributed by atoms with E-state index in [0.717, 1.165) is 11.3 Å². The van der Waals surface area contributed by atoms with E-state index in [1.807, 2.05) is 25.1 Å². The van der Waals surface area contributed by atoms with Gasteiger partial charge in [0.1, 0.15) is 11.8 Å². The second kappa shape index (κ2) is 8.48. The van der Waals surface area contributed by atoms with Crippen molar-refractivity contribution in [2.45, 2.75) is 13.5 Å². The van der Waals surface area contributed by atoms with Crippen molar-refractivity contribution in [2.75, 3.05) is 6.61 Å². The molecule has 0 saturated carbocycles. The Bertz CT molecular complexity index is 705. The summed E-state index contributed by atoms with van der Waals surface area (Å²) in [5.41, 5.74) is 1.53. The fourth-order valence-corrected chi connectivity index (χ4v) is 2.20. The summed E-state index contributed by atoms with van der Waals surface area (Å²) >= 11 is 3.22. The Hall–Kier alpha value is -0.956. The van der Waals surface area contributed by atoms with Crippen LogP contribution in [0.4, 0.5) is 0 Å². The predicted molar refractivity (Wildman–Crippen MR) is 79.5 cm³/mol. The number of rotatable bonds is 4. The van der Waals surface area contributed by atoms with Crippen molar-refractivity contribution in [3.63, 3.8) is 0 Å². The maximum Gasteiger partial charge on any atom is 0.208 e. The van der Waals surface area contributed by atoms with Crippen molar-refractivity contribution in [1.82, 2.24) is 4.57 Å². The van der Waals surface area contributed by atoms with Gasteiger partial charge in [-0.05, 0) is 23.5 Å². The summed E-state index contributed by atoms with van der Waals surface area (Å²) in [7, 11) is 0. The van der Waals surface area contributed by atoms with Gasteiger partial charge in [-0.1, -0.05) is 11.3 Å². The van der Waals surface area contributed by atoms with Gasteiger partial charge in [-0.3, -0.25) is 4.79 Å². The van der Waals surface area contributed by atoms with Crippen LogP contribution in [0, 0.1) is 17.4 Å². The summed E-state index contributed by atoms with van der Waals surface area (Å²) in [6.07, 6.45) is 0. The minimum absolute atomic E-state index is 0. The Morgan fingerprint density at radius 2 is 2.05 bits per heavy atom. The first kappa shape index (κ1) is 18.1. The first-order chi connectivity index (χ1) is 9.67. The van der Waals surface area contributed by atoms with Gasteiger partial charge in [0.05, 0.1) is 0 Å². The zero-order valence-electron chi connectivity index (χ0n) is 11.5. The Morgan fingerprint density at radius 1 is 1.38 bits per heavy atom. The largest absolute Gasteiger partial charge is 0.479 e. The van der Waals surface area contributed by atoms with Gasteiger partial charge in [0.2, 0.25) is 5.56 Å². The van der Waals surface area contributed by atoms with E-state index in [-0.39, 0.29) is 44.9 Å². The number of benzene rings is 1. The van der Waals surface area contributed by atoms with Crippen LogP contribution in [-0.4, -0.2) is 11.2 Å². The Labute approximate surface area is 156 Å². The average Bonchev–Trinajstić information content (AvgIpc) is 2.48. The third-order valence-corrected chi connectivity index (χ3v) is 3.37. The van der Waals surface area contributed by atoms with E-state index in [1.165, 1.54) is 0 Å². The summed E-state index contributed by atoms with van der Waals surface area (Å²) in [4.78, 5) is 12.0. The molecule has 1 heterocycles. The maximum atomic E-state index is 12.0. The zero-order valence-corrected chi connectivity index (χ0v) is 15.9. The molecule has 0 fully saturated rings. The molecule has 0 saturated heterocycles. The van der Waals surface area contributed by atoms with E-state index >= 15 is 0 Å². The fraction of sp³-hybridized carbons (Fsp3) is 0.200. The molecule has 0 atom stereocenters. The molecule has 0 aliphatic carbocycles. The molecule has 1 radical (unpaired) electrons. The smallest absolute Gasteiger partial charge is 0.208 e. The van der Waals surface area contributed by atoms with Gasteiger partial charge in [-0.25, -0.2) is 0 Å². The molecule has 0 amide bonds. The number of aromatic nitrogens is 1. The van der Waals surface area contributed by atoms with E-state index in [9.17, 15) is 4.79 Å².